The molecule has 0 aromatic carbocycles. The van der Waals surface area contributed by atoms with E-state index in [4.69, 9.17) is 5.21 Å². The van der Waals surface area contributed by atoms with Crippen molar-refractivity contribution < 1.29 is 14.8 Å². The molecule has 68 valence electrons. The van der Waals surface area contributed by atoms with Gasteiger partial charge in [-0.15, -0.1) is 0 Å². The quantitative estimate of drug-likeness (QED) is 0.330. The first kappa shape index (κ1) is 8.99. The van der Waals surface area contributed by atoms with E-state index in [-0.39, 0.29) is 5.92 Å². The fourth-order valence-electron chi connectivity index (χ4n) is 1.41. The van der Waals surface area contributed by atoms with Crippen molar-refractivity contribution in [1.29, 1.82) is 0 Å². The van der Waals surface area contributed by atoms with E-state index in [0.717, 1.165) is 19.3 Å². The van der Waals surface area contributed by atoms with Gasteiger partial charge in [0, 0.05) is 13.1 Å². The van der Waals surface area contributed by atoms with E-state index in [9.17, 15) is 9.59 Å². The molecule has 0 bridgehead atoms. The first-order valence-corrected chi connectivity index (χ1v) is 3.91. The first-order valence-electron chi connectivity index (χ1n) is 3.91. The van der Waals surface area contributed by atoms with Gasteiger partial charge >= 0.3 is 0 Å². The lowest BCUT2D eigenvalue weighted by atomic mass is 9.98. The van der Waals surface area contributed by atoms with Crippen molar-refractivity contribution >= 4 is 12.3 Å². The largest absolute Gasteiger partial charge is 0.344 e. The molecule has 1 rings (SSSR count). The average Bonchev–Trinajstić information content (AvgIpc) is 2.17. The molecule has 0 aliphatic carbocycles. The van der Waals surface area contributed by atoms with Crippen LogP contribution in [-0.4, -0.2) is 35.5 Å². The normalized spacial score (nSPS) is 23.4. The highest BCUT2D eigenvalue weighted by Crippen LogP contribution is 2.14. The number of hydroxylamine groups is 1. The van der Waals surface area contributed by atoms with Gasteiger partial charge in [-0.25, -0.2) is 5.48 Å². The summed E-state index contributed by atoms with van der Waals surface area (Å²) in [5.74, 6) is -0.657. The van der Waals surface area contributed by atoms with Gasteiger partial charge in [0.25, 0.3) is 0 Å². The van der Waals surface area contributed by atoms with E-state index in [1.165, 1.54) is 0 Å². The lowest BCUT2D eigenvalue weighted by molar-refractivity contribution is -0.136. The van der Waals surface area contributed by atoms with Gasteiger partial charge in [-0.05, 0) is 12.8 Å². The molecule has 1 aliphatic heterocycles. The van der Waals surface area contributed by atoms with E-state index < -0.39 is 5.91 Å². The summed E-state index contributed by atoms with van der Waals surface area (Å²) < 4.78 is 0. The molecule has 0 aromatic heterocycles. The standard InChI is InChI=1S/C7H12N2O3/c10-5-9-3-1-2-6(4-9)7(11)8-12/h5-6,12H,1-4H2,(H,8,11). The van der Waals surface area contributed by atoms with Crippen LogP contribution in [-0.2, 0) is 9.59 Å². The topological polar surface area (TPSA) is 69.6 Å². The number of carbonyl (C=O) groups excluding carboxylic acids is 2. The van der Waals surface area contributed by atoms with Crippen molar-refractivity contribution in [1.82, 2.24) is 10.4 Å². The Hall–Kier alpha value is -1.10. The molecule has 1 unspecified atom stereocenters. The Balaban J connectivity index is 2.45. The molecule has 1 aliphatic rings. The molecule has 1 saturated heterocycles. The van der Waals surface area contributed by atoms with Crippen LogP contribution < -0.4 is 5.48 Å². The summed E-state index contributed by atoms with van der Waals surface area (Å²) in [5, 5.41) is 8.34. The Morgan fingerprint density at radius 3 is 3.00 bits per heavy atom. The van der Waals surface area contributed by atoms with Crippen LogP contribution in [0.1, 0.15) is 12.8 Å². The van der Waals surface area contributed by atoms with E-state index >= 15 is 0 Å². The summed E-state index contributed by atoms with van der Waals surface area (Å²) in [6.07, 6.45) is 2.28. The molecular formula is C7H12N2O3. The van der Waals surface area contributed by atoms with Crippen molar-refractivity contribution in [3.05, 3.63) is 0 Å². The smallest absolute Gasteiger partial charge is 0.248 e. The van der Waals surface area contributed by atoms with Crippen LogP contribution in [0.15, 0.2) is 0 Å². The van der Waals surface area contributed by atoms with Crippen LogP contribution in [0.25, 0.3) is 0 Å². The molecule has 0 radical (unpaired) electrons. The average molecular weight is 172 g/mol. The predicted octanol–water partition coefficient (Wildman–Crippen LogP) is -0.640. The molecule has 5 heteroatoms. The number of hydrogen-bond donors (Lipinski definition) is 2. The first-order chi connectivity index (χ1) is 5.77. The molecule has 1 heterocycles. The van der Waals surface area contributed by atoms with Gasteiger partial charge in [0.1, 0.15) is 0 Å². The number of hydrogen-bond acceptors (Lipinski definition) is 3. The molecular weight excluding hydrogens is 160 g/mol. The summed E-state index contributed by atoms with van der Waals surface area (Å²) in [5.41, 5.74) is 1.60. The third-order valence-electron chi connectivity index (χ3n) is 2.08. The highest BCUT2D eigenvalue weighted by molar-refractivity contribution is 5.78. The molecule has 1 atom stereocenters. The molecule has 0 aromatic rings. The zero-order valence-electron chi connectivity index (χ0n) is 6.69. The van der Waals surface area contributed by atoms with Crippen LogP contribution in [0.3, 0.4) is 0 Å². The third kappa shape index (κ3) is 1.94. The summed E-state index contributed by atoms with van der Waals surface area (Å²) in [6, 6.07) is 0. The minimum Gasteiger partial charge on any atom is -0.344 e. The van der Waals surface area contributed by atoms with Crippen LogP contribution >= 0.6 is 0 Å². The van der Waals surface area contributed by atoms with Crippen molar-refractivity contribution in [3.63, 3.8) is 0 Å². The Bertz CT molecular complexity index is 183. The predicted molar refractivity (Wildman–Crippen MR) is 40.3 cm³/mol. The van der Waals surface area contributed by atoms with Gasteiger partial charge in [0.05, 0.1) is 5.92 Å². The lowest BCUT2D eigenvalue weighted by Gasteiger charge is -2.28. The van der Waals surface area contributed by atoms with Crippen molar-refractivity contribution in [2.45, 2.75) is 12.8 Å². The summed E-state index contributed by atoms with van der Waals surface area (Å²) in [7, 11) is 0. The van der Waals surface area contributed by atoms with Gasteiger partial charge in [0.2, 0.25) is 12.3 Å². The maximum absolute atomic E-state index is 10.9. The summed E-state index contributed by atoms with van der Waals surface area (Å²) in [6.45, 7) is 1.12. The van der Waals surface area contributed by atoms with Crippen LogP contribution in [0, 0.1) is 5.92 Å². The Kier molecular flexibility index (Phi) is 3.04. The highest BCUT2D eigenvalue weighted by Gasteiger charge is 2.24. The summed E-state index contributed by atoms with van der Waals surface area (Å²) in [4.78, 5) is 22.8. The number of nitrogens with one attached hydrogen (secondary N) is 1. The number of piperidine rings is 1. The minimum absolute atomic E-state index is 0.256. The summed E-state index contributed by atoms with van der Waals surface area (Å²) >= 11 is 0. The van der Waals surface area contributed by atoms with E-state index in [2.05, 4.69) is 0 Å². The molecule has 2 amide bonds. The fourth-order valence-corrected chi connectivity index (χ4v) is 1.41. The zero-order valence-corrected chi connectivity index (χ0v) is 6.69. The molecule has 2 N–H and O–H groups in total. The molecule has 5 nitrogen and oxygen atoms in total. The van der Waals surface area contributed by atoms with E-state index in [1.807, 2.05) is 0 Å². The third-order valence-corrected chi connectivity index (χ3v) is 2.08. The second kappa shape index (κ2) is 4.06. The lowest BCUT2D eigenvalue weighted by Crippen LogP contribution is -2.41. The second-order valence-corrected chi connectivity index (χ2v) is 2.92. The molecule has 0 saturated carbocycles. The van der Waals surface area contributed by atoms with E-state index in [1.54, 1.807) is 10.4 Å². The van der Waals surface area contributed by atoms with Crippen LogP contribution in [0.4, 0.5) is 0 Å². The maximum atomic E-state index is 10.9. The molecule has 1 fully saturated rings. The van der Waals surface area contributed by atoms with Crippen molar-refractivity contribution in [3.8, 4) is 0 Å². The number of likely N-dealkylation sites (tertiary alicyclic amines) is 1. The van der Waals surface area contributed by atoms with Crippen LogP contribution in [0.2, 0.25) is 0 Å². The number of nitrogens with zero attached hydrogens (tertiary/aromatic N) is 1. The number of amides is 2. The maximum Gasteiger partial charge on any atom is 0.248 e. The van der Waals surface area contributed by atoms with Gasteiger partial charge < -0.3 is 4.90 Å². The monoisotopic (exact) mass is 172 g/mol. The van der Waals surface area contributed by atoms with Crippen molar-refractivity contribution in [2.75, 3.05) is 13.1 Å². The second-order valence-electron chi connectivity index (χ2n) is 2.92. The van der Waals surface area contributed by atoms with Crippen molar-refractivity contribution in [2.24, 2.45) is 5.92 Å². The molecule has 0 spiro atoms. The highest BCUT2D eigenvalue weighted by atomic mass is 16.5. The molecule has 12 heavy (non-hydrogen) atoms. The van der Waals surface area contributed by atoms with Gasteiger partial charge in [-0.3, -0.25) is 14.8 Å². The number of rotatable bonds is 2. The van der Waals surface area contributed by atoms with Gasteiger partial charge in [-0.1, -0.05) is 0 Å². The number of carbonyl (C=O) groups is 2. The minimum atomic E-state index is -0.401. The Morgan fingerprint density at radius 2 is 2.42 bits per heavy atom. The van der Waals surface area contributed by atoms with Crippen LogP contribution in [0.5, 0.6) is 0 Å². The SMILES string of the molecule is O=CN1CCCC(C(=O)NO)C1. The fraction of sp³-hybridized carbons (Fsp3) is 0.714. The van der Waals surface area contributed by atoms with E-state index in [0.29, 0.717) is 13.1 Å². The van der Waals surface area contributed by atoms with Gasteiger partial charge in [0.15, 0.2) is 0 Å². The Morgan fingerprint density at radius 1 is 1.67 bits per heavy atom. The van der Waals surface area contributed by atoms with Gasteiger partial charge in [-0.2, -0.15) is 0 Å². The Labute approximate surface area is 70.3 Å². The zero-order chi connectivity index (χ0) is 8.97.